The third kappa shape index (κ3) is 1.35. The molecule has 1 aromatic rings. The van der Waals surface area contributed by atoms with E-state index in [1.165, 1.54) is 30.7 Å². The molecule has 1 aliphatic rings. The molecule has 0 radical (unpaired) electrons. The van der Waals surface area contributed by atoms with Crippen LogP contribution in [0.1, 0.15) is 41.5 Å². The Kier molecular flexibility index (Phi) is 2.09. The van der Waals surface area contributed by atoms with E-state index in [0.29, 0.717) is 5.92 Å². The molecular weight excluding hydrogens is 168 g/mol. The molecule has 0 spiro atoms. The Bertz CT molecular complexity index is 305. The quantitative estimate of drug-likeness (QED) is 0.663. The lowest BCUT2D eigenvalue weighted by Gasteiger charge is -2.01. The van der Waals surface area contributed by atoms with Crippen molar-refractivity contribution in [2.24, 2.45) is 0 Å². The summed E-state index contributed by atoms with van der Waals surface area (Å²) in [6.45, 7) is 0. The Morgan fingerprint density at radius 2 is 2.25 bits per heavy atom. The first-order valence-electron chi connectivity index (χ1n) is 4.26. The summed E-state index contributed by atoms with van der Waals surface area (Å²) in [7, 11) is 0. The third-order valence-corrected chi connectivity index (χ3v) is 3.40. The molecule has 0 aliphatic heterocycles. The van der Waals surface area contributed by atoms with Crippen molar-refractivity contribution in [3.63, 3.8) is 0 Å². The average molecular weight is 178 g/mol. The number of rotatable bonds is 1. The van der Waals surface area contributed by atoms with E-state index >= 15 is 0 Å². The highest BCUT2D eigenvalue weighted by atomic mass is 32.1. The summed E-state index contributed by atoms with van der Waals surface area (Å²) in [5.74, 6) is 0.650. The molecule has 0 bridgehead atoms. The number of hydrogen-bond acceptors (Lipinski definition) is 3. The maximum absolute atomic E-state index is 8.61. The predicted octanol–water partition coefficient (Wildman–Crippen LogP) is 2.67. The minimum Gasteiger partial charge on any atom is -0.248 e. The van der Waals surface area contributed by atoms with Crippen molar-refractivity contribution in [1.29, 1.82) is 5.26 Å². The minimum absolute atomic E-state index is 0.650. The zero-order valence-corrected chi connectivity index (χ0v) is 7.60. The fourth-order valence-electron chi connectivity index (χ4n) is 1.70. The molecule has 0 unspecified atom stereocenters. The topological polar surface area (TPSA) is 36.7 Å². The van der Waals surface area contributed by atoms with Gasteiger partial charge in [-0.1, -0.05) is 12.8 Å². The van der Waals surface area contributed by atoms with Crippen LogP contribution in [0.15, 0.2) is 6.20 Å². The maximum atomic E-state index is 8.61. The van der Waals surface area contributed by atoms with E-state index in [9.17, 15) is 0 Å². The lowest BCUT2D eigenvalue weighted by Crippen LogP contribution is -1.88. The van der Waals surface area contributed by atoms with Gasteiger partial charge in [0.25, 0.3) is 0 Å². The van der Waals surface area contributed by atoms with Gasteiger partial charge in [-0.2, -0.15) is 5.26 Å². The van der Waals surface area contributed by atoms with Crippen LogP contribution >= 0.6 is 11.3 Å². The Balaban J connectivity index is 2.17. The smallest absolute Gasteiger partial charge is 0.124 e. The van der Waals surface area contributed by atoms with E-state index in [1.807, 2.05) is 0 Å². The van der Waals surface area contributed by atoms with Gasteiger partial charge in [0.1, 0.15) is 10.9 Å². The largest absolute Gasteiger partial charge is 0.248 e. The van der Waals surface area contributed by atoms with Crippen LogP contribution in [0.25, 0.3) is 0 Å². The van der Waals surface area contributed by atoms with Crippen LogP contribution in [-0.4, -0.2) is 4.98 Å². The fourth-order valence-corrected chi connectivity index (χ4v) is 2.58. The van der Waals surface area contributed by atoms with Crippen LogP contribution in [0.2, 0.25) is 0 Å². The van der Waals surface area contributed by atoms with Gasteiger partial charge in [-0.15, -0.1) is 11.3 Å². The molecule has 1 aromatic heterocycles. The molecule has 0 atom stereocenters. The number of thiazole rings is 1. The number of hydrogen-bond donors (Lipinski definition) is 0. The van der Waals surface area contributed by atoms with Crippen molar-refractivity contribution in [2.45, 2.75) is 31.6 Å². The average Bonchev–Trinajstić information content (AvgIpc) is 2.75. The first-order valence-corrected chi connectivity index (χ1v) is 5.07. The number of nitriles is 1. The molecule has 0 N–H and O–H groups in total. The SMILES string of the molecule is N#Cc1cnc(C2CCCC2)s1. The summed E-state index contributed by atoms with van der Waals surface area (Å²) in [6, 6.07) is 2.13. The van der Waals surface area contributed by atoms with Gasteiger partial charge < -0.3 is 0 Å². The van der Waals surface area contributed by atoms with Gasteiger partial charge in [0, 0.05) is 5.92 Å². The summed E-state index contributed by atoms with van der Waals surface area (Å²) < 4.78 is 0. The van der Waals surface area contributed by atoms with Gasteiger partial charge in [0.15, 0.2) is 0 Å². The number of aromatic nitrogens is 1. The van der Waals surface area contributed by atoms with Crippen LogP contribution in [0.3, 0.4) is 0 Å². The Morgan fingerprint density at radius 3 is 2.83 bits per heavy atom. The molecule has 2 nitrogen and oxygen atoms in total. The highest BCUT2D eigenvalue weighted by Crippen LogP contribution is 2.35. The predicted molar refractivity (Wildman–Crippen MR) is 48.0 cm³/mol. The van der Waals surface area contributed by atoms with E-state index < -0.39 is 0 Å². The van der Waals surface area contributed by atoms with Crippen LogP contribution < -0.4 is 0 Å². The molecule has 1 aliphatic carbocycles. The first kappa shape index (κ1) is 7.75. The van der Waals surface area contributed by atoms with Crippen molar-refractivity contribution in [3.8, 4) is 6.07 Å². The first-order chi connectivity index (χ1) is 5.90. The van der Waals surface area contributed by atoms with Crippen LogP contribution in [-0.2, 0) is 0 Å². The zero-order chi connectivity index (χ0) is 8.39. The van der Waals surface area contributed by atoms with Crippen LogP contribution in [0.4, 0.5) is 0 Å². The van der Waals surface area contributed by atoms with Gasteiger partial charge in [-0.05, 0) is 12.8 Å². The molecule has 3 heteroatoms. The van der Waals surface area contributed by atoms with Crippen molar-refractivity contribution < 1.29 is 0 Å². The van der Waals surface area contributed by atoms with Crippen LogP contribution in [0.5, 0.6) is 0 Å². The second-order valence-electron chi connectivity index (χ2n) is 3.16. The molecule has 1 saturated carbocycles. The van der Waals surface area contributed by atoms with Crippen molar-refractivity contribution in [3.05, 3.63) is 16.1 Å². The number of nitrogens with zero attached hydrogens (tertiary/aromatic N) is 2. The second-order valence-corrected chi connectivity index (χ2v) is 4.22. The second kappa shape index (κ2) is 3.24. The van der Waals surface area contributed by atoms with Gasteiger partial charge in [0.2, 0.25) is 0 Å². The van der Waals surface area contributed by atoms with Gasteiger partial charge in [-0.3, -0.25) is 0 Å². The summed E-state index contributed by atoms with van der Waals surface area (Å²) in [6.07, 6.45) is 6.87. The standard InChI is InChI=1S/C9H10N2S/c10-5-8-6-11-9(12-8)7-3-1-2-4-7/h6-7H,1-4H2. The summed E-state index contributed by atoms with van der Waals surface area (Å²) in [5, 5.41) is 9.78. The van der Waals surface area contributed by atoms with E-state index in [1.54, 1.807) is 17.5 Å². The summed E-state index contributed by atoms with van der Waals surface area (Å²) in [4.78, 5) is 5.01. The molecule has 12 heavy (non-hydrogen) atoms. The lowest BCUT2D eigenvalue weighted by atomic mass is 10.1. The molecular formula is C9H10N2S. The van der Waals surface area contributed by atoms with Crippen molar-refractivity contribution in [2.75, 3.05) is 0 Å². The lowest BCUT2D eigenvalue weighted by molar-refractivity contribution is 0.716. The zero-order valence-electron chi connectivity index (χ0n) is 6.79. The molecule has 0 saturated heterocycles. The van der Waals surface area contributed by atoms with E-state index in [2.05, 4.69) is 11.1 Å². The highest BCUT2D eigenvalue weighted by Gasteiger charge is 2.19. The Hall–Kier alpha value is -0.880. The molecule has 1 heterocycles. The van der Waals surface area contributed by atoms with E-state index in [0.717, 1.165) is 4.88 Å². The van der Waals surface area contributed by atoms with Gasteiger partial charge >= 0.3 is 0 Å². The normalized spacial score (nSPS) is 17.9. The molecule has 1 fully saturated rings. The van der Waals surface area contributed by atoms with Crippen molar-refractivity contribution >= 4 is 11.3 Å². The molecule has 0 aromatic carbocycles. The molecule has 0 amide bonds. The third-order valence-electron chi connectivity index (χ3n) is 2.34. The van der Waals surface area contributed by atoms with E-state index in [4.69, 9.17) is 5.26 Å². The van der Waals surface area contributed by atoms with E-state index in [-0.39, 0.29) is 0 Å². The highest BCUT2D eigenvalue weighted by molar-refractivity contribution is 7.12. The maximum Gasteiger partial charge on any atom is 0.124 e. The van der Waals surface area contributed by atoms with Gasteiger partial charge in [0.05, 0.1) is 11.2 Å². The fraction of sp³-hybridized carbons (Fsp3) is 0.556. The monoisotopic (exact) mass is 178 g/mol. The van der Waals surface area contributed by atoms with Gasteiger partial charge in [-0.25, -0.2) is 4.98 Å². The Labute approximate surface area is 75.9 Å². The van der Waals surface area contributed by atoms with Crippen molar-refractivity contribution in [1.82, 2.24) is 4.98 Å². The molecule has 62 valence electrons. The Morgan fingerprint density at radius 1 is 1.50 bits per heavy atom. The minimum atomic E-state index is 0.650. The summed E-state index contributed by atoms with van der Waals surface area (Å²) >= 11 is 1.56. The summed E-state index contributed by atoms with van der Waals surface area (Å²) in [5.41, 5.74) is 0. The van der Waals surface area contributed by atoms with Crippen LogP contribution in [0, 0.1) is 11.3 Å². The molecule has 2 rings (SSSR count).